The molecule has 0 aliphatic carbocycles. The molecule has 0 radical (unpaired) electrons. The van der Waals surface area contributed by atoms with Crippen molar-refractivity contribution in [1.82, 2.24) is 10.2 Å². The molecule has 0 aromatic heterocycles. The number of carbonyl (C=O) groups excluding carboxylic acids is 1. The van der Waals surface area contributed by atoms with E-state index in [0.717, 1.165) is 5.56 Å². The van der Waals surface area contributed by atoms with E-state index in [1.165, 1.54) is 12.1 Å². The van der Waals surface area contributed by atoms with Crippen molar-refractivity contribution in [1.29, 1.82) is 0 Å². The summed E-state index contributed by atoms with van der Waals surface area (Å²) >= 11 is 0. The lowest BCUT2D eigenvalue weighted by Gasteiger charge is -2.33. The van der Waals surface area contributed by atoms with E-state index in [0.29, 0.717) is 42.9 Å². The van der Waals surface area contributed by atoms with Gasteiger partial charge in [-0.3, -0.25) is 4.79 Å². The number of likely N-dealkylation sites (tertiary alicyclic amines) is 1. The lowest BCUT2D eigenvalue weighted by molar-refractivity contribution is -0.121. The van der Waals surface area contributed by atoms with Crippen molar-refractivity contribution >= 4 is 26.7 Å². The van der Waals surface area contributed by atoms with Crippen molar-refractivity contribution in [2.45, 2.75) is 32.2 Å². The van der Waals surface area contributed by atoms with Crippen LogP contribution in [0.25, 0.3) is 4.91 Å². The van der Waals surface area contributed by atoms with Gasteiger partial charge in [-0.15, -0.1) is 4.40 Å². The number of hydrogen-bond donors (Lipinski definition) is 1. The summed E-state index contributed by atoms with van der Waals surface area (Å²) in [5.41, 5.74) is 2.06. The average Bonchev–Trinajstić information content (AvgIpc) is 2.99. The third-order valence-electron chi connectivity index (χ3n) is 5.61. The lowest BCUT2D eigenvalue weighted by Crippen LogP contribution is -2.46. The number of benzene rings is 2. The zero-order valence-corrected chi connectivity index (χ0v) is 18.0. The predicted molar refractivity (Wildman–Crippen MR) is 118 cm³/mol. The predicted octanol–water partition coefficient (Wildman–Crippen LogP) is 3.12. The topological polar surface area (TPSA) is 78.8 Å². The highest BCUT2D eigenvalue weighted by Crippen LogP contribution is 2.34. The van der Waals surface area contributed by atoms with Gasteiger partial charge in [-0.1, -0.05) is 42.5 Å². The third-order valence-corrected chi connectivity index (χ3v) is 7.09. The monoisotopic (exact) mass is 441 g/mol. The normalized spacial score (nSPS) is 18.8. The minimum absolute atomic E-state index is 0.0145. The first kappa shape index (κ1) is 21.2. The van der Waals surface area contributed by atoms with Gasteiger partial charge < -0.3 is 10.2 Å². The Hall–Kier alpha value is -3.00. The molecular formula is C23H24FN3O3S. The molecule has 4 rings (SSSR count). The number of rotatable bonds is 4. The summed E-state index contributed by atoms with van der Waals surface area (Å²) < 4.78 is 42.4. The van der Waals surface area contributed by atoms with Crippen LogP contribution < -0.4 is 5.32 Å². The molecule has 1 N–H and O–H groups in total. The van der Waals surface area contributed by atoms with Crippen molar-refractivity contribution < 1.29 is 17.6 Å². The first-order valence-electron chi connectivity index (χ1n) is 10.2. The van der Waals surface area contributed by atoms with Crippen LogP contribution in [0.2, 0.25) is 0 Å². The molecule has 0 unspecified atom stereocenters. The Kier molecular flexibility index (Phi) is 5.91. The van der Waals surface area contributed by atoms with E-state index in [-0.39, 0.29) is 29.1 Å². The van der Waals surface area contributed by atoms with Crippen LogP contribution >= 0.6 is 0 Å². The molecule has 31 heavy (non-hydrogen) atoms. The van der Waals surface area contributed by atoms with Crippen molar-refractivity contribution in [3.8, 4) is 0 Å². The number of nitrogens with one attached hydrogen (secondary N) is 1. The Balaban J connectivity index is 1.38. The fraction of sp³-hybridized carbons (Fsp3) is 0.304. The summed E-state index contributed by atoms with van der Waals surface area (Å²) in [6.07, 6.45) is 1.60. The zero-order chi connectivity index (χ0) is 22.0. The number of halogens is 1. The number of amidine groups is 1. The molecule has 6 nitrogen and oxygen atoms in total. The van der Waals surface area contributed by atoms with Gasteiger partial charge in [0.05, 0.1) is 6.42 Å². The molecule has 0 saturated carbocycles. The molecule has 0 spiro atoms. The van der Waals surface area contributed by atoms with Crippen molar-refractivity contribution in [2.24, 2.45) is 4.40 Å². The van der Waals surface area contributed by atoms with E-state index in [2.05, 4.69) is 9.71 Å². The number of nitrogens with zero attached hydrogens (tertiary/aromatic N) is 2. The van der Waals surface area contributed by atoms with Gasteiger partial charge in [0.25, 0.3) is 10.0 Å². The zero-order valence-electron chi connectivity index (χ0n) is 17.2. The fourth-order valence-corrected chi connectivity index (χ4v) is 5.56. The summed E-state index contributed by atoms with van der Waals surface area (Å²) in [7, 11) is -3.73. The maximum atomic E-state index is 13.0. The van der Waals surface area contributed by atoms with E-state index in [4.69, 9.17) is 0 Å². The van der Waals surface area contributed by atoms with E-state index < -0.39 is 10.0 Å². The van der Waals surface area contributed by atoms with E-state index >= 15 is 0 Å². The van der Waals surface area contributed by atoms with Gasteiger partial charge in [0.1, 0.15) is 16.6 Å². The van der Waals surface area contributed by atoms with Gasteiger partial charge in [0.15, 0.2) is 0 Å². The second-order valence-electron chi connectivity index (χ2n) is 7.84. The summed E-state index contributed by atoms with van der Waals surface area (Å²) in [4.78, 5) is 14.6. The molecule has 0 atom stereocenters. The van der Waals surface area contributed by atoms with Gasteiger partial charge in [-0.05, 0) is 43.0 Å². The van der Waals surface area contributed by atoms with Crippen LogP contribution in [-0.4, -0.2) is 44.2 Å². The van der Waals surface area contributed by atoms with Crippen LogP contribution in [0.15, 0.2) is 64.6 Å². The highest BCUT2D eigenvalue weighted by Gasteiger charge is 2.34. The van der Waals surface area contributed by atoms with Crippen LogP contribution in [0.5, 0.6) is 0 Å². The van der Waals surface area contributed by atoms with Crippen molar-refractivity contribution in [2.75, 3.05) is 13.1 Å². The van der Waals surface area contributed by atoms with Gasteiger partial charge in [-0.2, -0.15) is 8.42 Å². The summed E-state index contributed by atoms with van der Waals surface area (Å²) in [5, 5.41) is 3.03. The molecular weight excluding hydrogens is 417 g/mol. The van der Waals surface area contributed by atoms with Crippen LogP contribution in [0.3, 0.4) is 0 Å². The van der Waals surface area contributed by atoms with Gasteiger partial charge in [0.2, 0.25) is 5.91 Å². The third kappa shape index (κ3) is 4.69. The van der Waals surface area contributed by atoms with Gasteiger partial charge in [0, 0.05) is 24.7 Å². The SMILES string of the molecule is CC1=C(c2ccccc2)S(=O)(=O)N=C1N1CCC(NC(=O)Cc2ccc(F)cc2)CC1. The molecule has 8 heteroatoms. The minimum atomic E-state index is -3.73. The highest BCUT2D eigenvalue weighted by molar-refractivity contribution is 8.00. The minimum Gasteiger partial charge on any atom is -0.356 e. The lowest BCUT2D eigenvalue weighted by atomic mass is 10.0. The molecule has 2 aliphatic heterocycles. The molecule has 162 valence electrons. The standard InChI is InChI=1S/C23H24FN3O3S/c1-16-22(18-5-3-2-4-6-18)31(29,30)26-23(16)27-13-11-20(12-14-27)25-21(28)15-17-7-9-19(24)10-8-17/h2-10,20H,11-15H2,1H3,(H,25,28). The Labute approximate surface area is 181 Å². The number of amides is 1. The van der Waals surface area contributed by atoms with E-state index in [9.17, 15) is 17.6 Å². The Morgan fingerprint density at radius 1 is 1.10 bits per heavy atom. The molecule has 2 aliphatic rings. The maximum absolute atomic E-state index is 13.0. The number of carbonyl (C=O) groups is 1. The first-order valence-corrected chi connectivity index (χ1v) is 11.7. The van der Waals surface area contributed by atoms with E-state index in [1.807, 2.05) is 23.1 Å². The highest BCUT2D eigenvalue weighted by atomic mass is 32.2. The molecule has 1 fully saturated rings. The Bertz CT molecular complexity index is 1130. The molecule has 1 saturated heterocycles. The van der Waals surface area contributed by atoms with Gasteiger partial charge in [-0.25, -0.2) is 4.39 Å². The fourth-order valence-electron chi connectivity index (χ4n) is 4.07. The molecule has 2 heterocycles. The van der Waals surface area contributed by atoms with Gasteiger partial charge >= 0.3 is 0 Å². The average molecular weight is 442 g/mol. The Morgan fingerprint density at radius 3 is 2.39 bits per heavy atom. The van der Waals surface area contributed by atoms with Crippen LogP contribution in [0.4, 0.5) is 4.39 Å². The second kappa shape index (κ2) is 8.63. The second-order valence-corrected chi connectivity index (χ2v) is 9.38. The summed E-state index contributed by atoms with van der Waals surface area (Å²) in [6, 6.07) is 14.9. The summed E-state index contributed by atoms with van der Waals surface area (Å²) in [6.45, 7) is 3.01. The largest absolute Gasteiger partial charge is 0.356 e. The molecule has 0 bridgehead atoms. The quantitative estimate of drug-likeness (QED) is 0.791. The Morgan fingerprint density at radius 2 is 1.74 bits per heavy atom. The molecule has 2 aromatic rings. The van der Waals surface area contributed by atoms with Crippen LogP contribution in [-0.2, 0) is 21.2 Å². The summed E-state index contributed by atoms with van der Waals surface area (Å²) in [5.74, 6) is 0.0661. The first-order chi connectivity index (χ1) is 14.8. The number of hydrogen-bond acceptors (Lipinski definition) is 4. The maximum Gasteiger partial charge on any atom is 0.285 e. The molecule has 2 aromatic carbocycles. The van der Waals surface area contributed by atoms with Crippen molar-refractivity contribution in [3.05, 3.63) is 77.1 Å². The van der Waals surface area contributed by atoms with Crippen LogP contribution in [0.1, 0.15) is 30.9 Å². The van der Waals surface area contributed by atoms with Crippen LogP contribution in [0, 0.1) is 5.82 Å². The molecule has 1 amide bonds. The smallest absolute Gasteiger partial charge is 0.285 e. The number of sulfonamides is 1. The van der Waals surface area contributed by atoms with Crippen molar-refractivity contribution in [3.63, 3.8) is 0 Å². The van der Waals surface area contributed by atoms with E-state index in [1.54, 1.807) is 31.2 Å². The number of piperidine rings is 1.